The zero-order valence-corrected chi connectivity index (χ0v) is 15.2. The van der Waals surface area contributed by atoms with Crippen molar-refractivity contribution in [3.05, 3.63) is 75.4 Å². The van der Waals surface area contributed by atoms with Crippen LogP contribution in [-0.4, -0.2) is 19.3 Å². The SMILES string of the molecule is CCc1nc2scc(C#Cc3ccn(C)n3)c2c(=O)n1-c1ccccc1. The highest BCUT2D eigenvalue weighted by molar-refractivity contribution is 7.17. The number of aryl methyl sites for hydroxylation is 2. The minimum atomic E-state index is -0.0791. The highest BCUT2D eigenvalue weighted by atomic mass is 32.1. The summed E-state index contributed by atoms with van der Waals surface area (Å²) in [5, 5.41) is 6.71. The van der Waals surface area contributed by atoms with Gasteiger partial charge in [0, 0.05) is 25.0 Å². The van der Waals surface area contributed by atoms with E-state index in [1.54, 1.807) is 9.25 Å². The number of benzene rings is 1. The van der Waals surface area contributed by atoms with E-state index in [1.165, 1.54) is 11.3 Å². The number of nitrogens with zero attached hydrogens (tertiary/aromatic N) is 4. The Morgan fingerprint density at radius 3 is 2.65 bits per heavy atom. The van der Waals surface area contributed by atoms with Crippen molar-refractivity contribution < 1.29 is 0 Å². The topological polar surface area (TPSA) is 52.7 Å². The highest BCUT2D eigenvalue weighted by Crippen LogP contribution is 2.22. The molecule has 5 nitrogen and oxygen atoms in total. The van der Waals surface area contributed by atoms with Crippen molar-refractivity contribution in [3.63, 3.8) is 0 Å². The summed E-state index contributed by atoms with van der Waals surface area (Å²) >= 11 is 1.45. The van der Waals surface area contributed by atoms with Gasteiger partial charge in [-0.1, -0.05) is 31.0 Å². The first-order chi connectivity index (χ1) is 12.7. The molecule has 3 heterocycles. The quantitative estimate of drug-likeness (QED) is 0.516. The monoisotopic (exact) mass is 360 g/mol. The van der Waals surface area contributed by atoms with E-state index in [9.17, 15) is 4.79 Å². The first-order valence-corrected chi connectivity index (χ1v) is 9.15. The molecular formula is C20H16N4OS. The number of hydrogen-bond acceptors (Lipinski definition) is 4. The molecule has 0 saturated heterocycles. The van der Waals surface area contributed by atoms with Gasteiger partial charge in [0.25, 0.3) is 5.56 Å². The lowest BCUT2D eigenvalue weighted by molar-refractivity contribution is 0.764. The number of fused-ring (bicyclic) bond motifs is 1. The molecule has 0 fully saturated rings. The van der Waals surface area contributed by atoms with Crippen molar-refractivity contribution in [1.29, 1.82) is 0 Å². The van der Waals surface area contributed by atoms with Crippen LogP contribution in [-0.2, 0) is 13.5 Å². The van der Waals surface area contributed by atoms with Crippen LogP contribution >= 0.6 is 11.3 Å². The second kappa shape index (κ2) is 6.62. The van der Waals surface area contributed by atoms with Crippen molar-refractivity contribution >= 4 is 21.6 Å². The Hall–Kier alpha value is -3.17. The third-order valence-corrected chi connectivity index (χ3v) is 4.92. The van der Waals surface area contributed by atoms with E-state index in [0.29, 0.717) is 23.1 Å². The maximum atomic E-state index is 13.2. The minimum Gasteiger partial charge on any atom is -0.275 e. The number of hydrogen-bond donors (Lipinski definition) is 0. The summed E-state index contributed by atoms with van der Waals surface area (Å²) in [6.45, 7) is 2.00. The first kappa shape index (κ1) is 16.3. The average Bonchev–Trinajstić information content (AvgIpc) is 3.26. The predicted octanol–water partition coefficient (Wildman–Crippen LogP) is 3.14. The third kappa shape index (κ3) is 2.83. The van der Waals surface area contributed by atoms with Gasteiger partial charge in [-0.15, -0.1) is 11.3 Å². The Morgan fingerprint density at radius 2 is 1.96 bits per heavy atom. The average molecular weight is 360 g/mol. The first-order valence-electron chi connectivity index (χ1n) is 8.27. The summed E-state index contributed by atoms with van der Waals surface area (Å²) in [4.78, 5) is 18.7. The minimum absolute atomic E-state index is 0.0791. The zero-order chi connectivity index (χ0) is 18.1. The van der Waals surface area contributed by atoms with E-state index < -0.39 is 0 Å². The fourth-order valence-corrected chi connectivity index (χ4v) is 3.70. The maximum absolute atomic E-state index is 13.2. The number of aromatic nitrogens is 4. The van der Waals surface area contributed by atoms with Crippen molar-refractivity contribution in [2.24, 2.45) is 7.05 Å². The van der Waals surface area contributed by atoms with E-state index in [1.807, 2.05) is 61.9 Å². The molecule has 0 N–H and O–H groups in total. The number of thiophene rings is 1. The molecule has 26 heavy (non-hydrogen) atoms. The summed E-state index contributed by atoms with van der Waals surface area (Å²) in [7, 11) is 1.85. The van der Waals surface area contributed by atoms with Gasteiger partial charge in [0.1, 0.15) is 16.3 Å². The predicted molar refractivity (Wildman–Crippen MR) is 104 cm³/mol. The lowest BCUT2D eigenvalue weighted by Gasteiger charge is -2.11. The maximum Gasteiger partial charge on any atom is 0.268 e. The van der Waals surface area contributed by atoms with Crippen LogP contribution in [0.25, 0.3) is 15.9 Å². The number of para-hydroxylation sites is 1. The van der Waals surface area contributed by atoms with E-state index in [0.717, 1.165) is 16.3 Å². The largest absolute Gasteiger partial charge is 0.275 e. The molecule has 0 atom stereocenters. The molecule has 0 saturated carbocycles. The summed E-state index contributed by atoms with van der Waals surface area (Å²) in [6, 6.07) is 11.4. The van der Waals surface area contributed by atoms with Crippen molar-refractivity contribution in [3.8, 4) is 17.5 Å². The standard InChI is InChI=1S/C20H16N4OS/c1-3-17-21-19-18(20(25)24(17)16-7-5-4-6-8-16)14(13-26-19)9-10-15-11-12-23(2)22-15/h4-8,11-13H,3H2,1-2H3. The molecule has 0 aliphatic heterocycles. The van der Waals surface area contributed by atoms with Crippen molar-refractivity contribution in [2.75, 3.05) is 0 Å². The molecule has 0 aliphatic rings. The summed E-state index contributed by atoms with van der Waals surface area (Å²) < 4.78 is 3.38. The zero-order valence-electron chi connectivity index (χ0n) is 14.4. The summed E-state index contributed by atoms with van der Waals surface area (Å²) in [6.07, 6.45) is 2.51. The molecule has 3 aromatic heterocycles. The Balaban J connectivity index is 1.93. The summed E-state index contributed by atoms with van der Waals surface area (Å²) in [5.74, 6) is 6.86. The third-order valence-electron chi connectivity index (χ3n) is 4.05. The van der Waals surface area contributed by atoms with Crippen LogP contribution in [0.5, 0.6) is 0 Å². The Kier molecular flexibility index (Phi) is 4.15. The van der Waals surface area contributed by atoms with E-state index >= 15 is 0 Å². The highest BCUT2D eigenvalue weighted by Gasteiger charge is 2.15. The van der Waals surface area contributed by atoms with Gasteiger partial charge >= 0.3 is 0 Å². The fraction of sp³-hybridized carbons (Fsp3) is 0.150. The van der Waals surface area contributed by atoms with Gasteiger partial charge in [0.15, 0.2) is 0 Å². The van der Waals surface area contributed by atoms with Crippen LogP contribution in [0.4, 0.5) is 0 Å². The van der Waals surface area contributed by atoms with Gasteiger partial charge in [-0.3, -0.25) is 14.0 Å². The van der Waals surface area contributed by atoms with E-state index in [4.69, 9.17) is 4.98 Å². The van der Waals surface area contributed by atoms with Gasteiger partial charge < -0.3 is 0 Å². The van der Waals surface area contributed by atoms with Gasteiger partial charge in [0.2, 0.25) is 0 Å². The van der Waals surface area contributed by atoms with Crippen LogP contribution in [0.3, 0.4) is 0 Å². The Morgan fingerprint density at radius 1 is 1.15 bits per heavy atom. The molecule has 6 heteroatoms. The molecule has 0 aliphatic carbocycles. The van der Waals surface area contributed by atoms with E-state index in [-0.39, 0.29) is 5.56 Å². The summed E-state index contributed by atoms with van der Waals surface area (Å²) in [5.41, 5.74) is 2.11. The molecule has 0 spiro atoms. The molecule has 1 aromatic carbocycles. The second-order valence-corrected chi connectivity index (χ2v) is 6.67. The van der Waals surface area contributed by atoms with Crippen LogP contribution in [0.1, 0.15) is 24.0 Å². The molecule has 0 unspecified atom stereocenters. The molecule has 0 amide bonds. The van der Waals surface area contributed by atoms with Gasteiger partial charge in [-0.2, -0.15) is 5.10 Å². The lowest BCUT2D eigenvalue weighted by Crippen LogP contribution is -2.23. The number of rotatable bonds is 2. The van der Waals surface area contributed by atoms with Crippen LogP contribution in [0.2, 0.25) is 0 Å². The Bertz CT molecular complexity index is 1210. The van der Waals surface area contributed by atoms with Crippen molar-refractivity contribution in [1.82, 2.24) is 19.3 Å². The van der Waals surface area contributed by atoms with Gasteiger partial charge in [-0.05, 0) is 24.1 Å². The van der Waals surface area contributed by atoms with E-state index in [2.05, 4.69) is 16.9 Å². The molecule has 4 aromatic rings. The van der Waals surface area contributed by atoms with Crippen molar-refractivity contribution in [2.45, 2.75) is 13.3 Å². The molecule has 4 rings (SSSR count). The van der Waals surface area contributed by atoms with Crippen LogP contribution in [0.15, 0.2) is 52.8 Å². The van der Waals surface area contributed by atoms with Gasteiger partial charge in [0.05, 0.1) is 16.6 Å². The Labute approximate surface area is 154 Å². The van der Waals surface area contributed by atoms with Gasteiger partial charge in [-0.25, -0.2) is 4.98 Å². The second-order valence-electron chi connectivity index (χ2n) is 5.81. The molecule has 0 bridgehead atoms. The molecule has 128 valence electrons. The fourth-order valence-electron chi connectivity index (χ4n) is 2.82. The van der Waals surface area contributed by atoms with Crippen LogP contribution < -0.4 is 5.56 Å². The molecule has 0 radical (unpaired) electrons. The molecular weight excluding hydrogens is 344 g/mol. The normalized spacial score (nSPS) is 10.7. The smallest absolute Gasteiger partial charge is 0.268 e. The van der Waals surface area contributed by atoms with Crippen LogP contribution in [0, 0.1) is 11.8 Å². The lowest BCUT2D eigenvalue weighted by atomic mass is 10.2.